The first-order valence-electron chi connectivity index (χ1n) is 7.67. The molecule has 0 aliphatic carbocycles. The van der Waals surface area contributed by atoms with Crippen LogP contribution in [0.15, 0.2) is 35.2 Å². The number of piperidine rings is 1. The van der Waals surface area contributed by atoms with E-state index in [9.17, 15) is 4.79 Å². The molecule has 0 aromatic heterocycles. The second kappa shape index (κ2) is 9.07. The van der Waals surface area contributed by atoms with Gasteiger partial charge >= 0.3 is 0 Å². The van der Waals surface area contributed by atoms with Gasteiger partial charge in [-0.2, -0.15) is 0 Å². The van der Waals surface area contributed by atoms with Crippen LogP contribution < -0.4 is 11.1 Å². The van der Waals surface area contributed by atoms with E-state index in [-0.39, 0.29) is 11.8 Å². The van der Waals surface area contributed by atoms with Crippen LogP contribution in [0.5, 0.6) is 0 Å². The smallest absolute Gasteiger partial charge is 0.224 e. The molecule has 1 aliphatic rings. The third kappa shape index (κ3) is 5.69. The van der Waals surface area contributed by atoms with Crippen molar-refractivity contribution in [3.8, 4) is 0 Å². The zero-order chi connectivity index (χ0) is 14.9. The fraction of sp³-hybridized carbons (Fsp3) is 0.562. The molecule has 1 fully saturated rings. The predicted octanol–water partition coefficient (Wildman–Crippen LogP) is 1.57. The zero-order valence-corrected chi connectivity index (χ0v) is 13.3. The summed E-state index contributed by atoms with van der Waals surface area (Å²) in [4.78, 5) is 15.7. The summed E-state index contributed by atoms with van der Waals surface area (Å²) in [6.07, 6.45) is 2.11. The van der Waals surface area contributed by atoms with Crippen molar-refractivity contribution >= 4 is 17.7 Å². The number of nitrogens with one attached hydrogen (secondary N) is 1. The molecule has 5 heteroatoms. The van der Waals surface area contributed by atoms with Crippen molar-refractivity contribution < 1.29 is 4.79 Å². The number of carbonyl (C=O) groups is 1. The number of thioether (sulfide) groups is 1. The van der Waals surface area contributed by atoms with Crippen molar-refractivity contribution in [2.24, 2.45) is 11.7 Å². The molecule has 21 heavy (non-hydrogen) atoms. The standard InChI is InChI=1S/C16H25N3OS/c17-8-9-18-16(20)14-5-4-10-19(13-14)11-12-21-15-6-2-1-3-7-15/h1-3,6-7,14H,4-5,8-13,17H2,(H,18,20). The van der Waals surface area contributed by atoms with E-state index in [2.05, 4.69) is 34.5 Å². The summed E-state index contributed by atoms with van der Waals surface area (Å²) in [6, 6.07) is 10.5. The highest BCUT2D eigenvalue weighted by molar-refractivity contribution is 7.99. The molecular formula is C16H25N3OS. The van der Waals surface area contributed by atoms with Crippen LogP contribution in [0.3, 0.4) is 0 Å². The molecule has 116 valence electrons. The third-order valence-electron chi connectivity index (χ3n) is 3.74. The van der Waals surface area contributed by atoms with E-state index in [4.69, 9.17) is 5.73 Å². The maximum absolute atomic E-state index is 12.0. The molecule has 1 amide bonds. The van der Waals surface area contributed by atoms with Crippen molar-refractivity contribution in [2.75, 3.05) is 38.5 Å². The summed E-state index contributed by atoms with van der Waals surface area (Å²) >= 11 is 1.88. The molecule has 0 saturated carbocycles. The van der Waals surface area contributed by atoms with E-state index in [1.807, 2.05) is 17.8 Å². The van der Waals surface area contributed by atoms with Crippen LogP contribution in [-0.4, -0.2) is 49.3 Å². The second-order valence-electron chi connectivity index (χ2n) is 5.38. The fourth-order valence-corrected chi connectivity index (χ4v) is 3.56. The van der Waals surface area contributed by atoms with Crippen molar-refractivity contribution in [2.45, 2.75) is 17.7 Å². The average molecular weight is 307 g/mol. The van der Waals surface area contributed by atoms with Crippen LogP contribution in [0.1, 0.15) is 12.8 Å². The van der Waals surface area contributed by atoms with Crippen LogP contribution in [0.2, 0.25) is 0 Å². The number of rotatable bonds is 7. The Morgan fingerprint density at radius 3 is 2.95 bits per heavy atom. The van der Waals surface area contributed by atoms with E-state index in [1.165, 1.54) is 4.90 Å². The largest absolute Gasteiger partial charge is 0.355 e. The zero-order valence-electron chi connectivity index (χ0n) is 12.5. The number of carbonyl (C=O) groups excluding carboxylic acids is 1. The number of amides is 1. The summed E-state index contributed by atoms with van der Waals surface area (Å²) in [6.45, 7) is 4.12. The van der Waals surface area contributed by atoms with Gasteiger partial charge in [-0.1, -0.05) is 18.2 Å². The number of likely N-dealkylation sites (tertiary alicyclic amines) is 1. The van der Waals surface area contributed by atoms with Crippen LogP contribution in [0.4, 0.5) is 0 Å². The van der Waals surface area contributed by atoms with Gasteiger partial charge < -0.3 is 16.0 Å². The molecule has 0 bridgehead atoms. The minimum Gasteiger partial charge on any atom is -0.355 e. The summed E-state index contributed by atoms with van der Waals surface area (Å²) in [7, 11) is 0. The quantitative estimate of drug-likeness (QED) is 0.751. The van der Waals surface area contributed by atoms with Crippen molar-refractivity contribution in [1.82, 2.24) is 10.2 Å². The monoisotopic (exact) mass is 307 g/mol. The van der Waals surface area contributed by atoms with Crippen LogP contribution in [-0.2, 0) is 4.79 Å². The van der Waals surface area contributed by atoms with Gasteiger partial charge in [-0.3, -0.25) is 4.79 Å². The molecular weight excluding hydrogens is 282 g/mol. The van der Waals surface area contributed by atoms with Gasteiger partial charge in [0.05, 0.1) is 5.92 Å². The molecule has 4 nitrogen and oxygen atoms in total. The van der Waals surface area contributed by atoms with Crippen LogP contribution in [0.25, 0.3) is 0 Å². The van der Waals surface area contributed by atoms with Crippen LogP contribution in [0, 0.1) is 5.92 Å². The second-order valence-corrected chi connectivity index (χ2v) is 6.55. The molecule has 1 unspecified atom stereocenters. The van der Waals surface area contributed by atoms with E-state index in [0.29, 0.717) is 13.1 Å². The van der Waals surface area contributed by atoms with E-state index >= 15 is 0 Å². The first-order valence-corrected chi connectivity index (χ1v) is 8.66. The molecule has 1 heterocycles. The van der Waals surface area contributed by atoms with Gasteiger partial charge in [-0.05, 0) is 31.5 Å². The van der Waals surface area contributed by atoms with E-state index in [0.717, 1.165) is 38.2 Å². The highest BCUT2D eigenvalue weighted by Gasteiger charge is 2.25. The Balaban J connectivity index is 1.70. The predicted molar refractivity (Wildman–Crippen MR) is 88.4 cm³/mol. The van der Waals surface area contributed by atoms with Gasteiger partial charge in [0, 0.05) is 36.8 Å². The summed E-state index contributed by atoms with van der Waals surface area (Å²) in [5.74, 6) is 1.37. The lowest BCUT2D eigenvalue weighted by Gasteiger charge is -2.31. The molecule has 0 spiro atoms. The van der Waals surface area contributed by atoms with Gasteiger partial charge in [0.1, 0.15) is 0 Å². The SMILES string of the molecule is NCCNC(=O)C1CCCN(CCSc2ccccc2)C1. The molecule has 1 aliphatic heterocycles. The minimum absolute atomic E-state index is 0.132. The lowest BCUT2D eigenvalue weighted by molar-refractivity contribution is -0.126. The van der Waals surface area contributed by atoms with Gasteiger partial charge in [0.25, 0.3) is 0 Å². The minimum atomic E-state index is 0.132. The number of nitrogens with zero attached hydrogens (tertiary/aromatic N) is 1. The summed E-state index contributed by atoms with van der Waals surface area (Å²) < 4.78 is 0. The van der Waals surface area contributed by atoms with Gasteiger partial charge in [0.15, 0.2) is 0 Å². The normalized spacial score (nSPS) is 19.4. The first-order chi connectivity index (χ1) is 10.3. The Hall–Kier alpha value is -1.04. The molecule has 1 atom stereocenters. The number of hydrogen-bond donors (Lipinski definition) is 2. The lowest BCUT2D eigenvalue weighted by atomic mass is 9.97. The van der Waals surface area contributed by atoms with E-state index in [1.54, 1.807) is 0 Å². The first kappa shape index (κ1) is 16.3. The third-order valence-corrected chi connectivity index (χ3v) is 4.73. The molecule has 0 radical (unpaired) electrons. The average Bonchev–Trinajstić information content (AvgIpc) is 2.54. The number of nitrogens with two attached hydrogens (primary N) is 1. The number of benzene rings is 1. The molecule has 1 saturated heterocycles. The van der Waals surface area contributed by atoms with Crippen molar-refractivity contribution in [3.05, 3.63) is 30.3 Å². The summed E-state index contributed by atoms with van der Waals surface area (Å²) in [5, 5.41) is 2.91. The molecule has 2 rings (SSSR count). The number of hydrogen-bond acceptors (Lipinski definition) is 4. The van der Waals surface area contributed by atoms with Gasteiger partial charge in [-0.25, -0.2) is 0 Å². The maximum atomic E-state index is 12.0. The molecule has 1 aromatic rings. The maximum Gasteiger partial charge on any atom is 0.224 e. The van der Waals surface area contributed by atoms with Crippen molar-refractivity contribution in [3.63, 3.8) is 0 Å². The Labute approximate surface area is 131 Å². The van der Waals surface area contributed by atoms with Gasteiger partial charge in [-0.15, -0.1) is 11.8 Å². The van der Waals surface area contributed by atoms with E-state index < -0.39 is 0 Å². The topological polar surface area (TPSA) is 58.4 Å². The summed E-state index contributed by atoms with van der Waals surface area (Å²) in [5.41, 5.74) is 5.43. The Morgan fingerprint density at radius 1 is 1.38 bits per heavy atom. The highest BCUT2D eigenvalue weighted by atomic mass is 32.2. The fourth-order valence-electron chi connectivity index (χ4n) is 2.62. The molecule has 1 aromatic carbocycles. The highest BCUT2D eigenvalue weighted by Crippen LogP contribution is 2.20. The van der Waals surface area contributed by atoms with Crippen LogP contribution >= 0.6 is 11.8 Å². The van der Waals surface area contributed by atoms with Crippen molar-refractivity contribution in [1.29, 1.82) is 0 Å². The Morgan fingerprint density at radius 2 is 2.19 bits per heavy atom. The molecule has 3 N–H and O–H groups in total. The Kier molecular flexibility index (Phi) is 7.06. The Bertz CT molecular complexity index is 427. The lowest BCUT2D eigenvalue weighted by Crippen LogP contribution is -2.44. The van der Waals surface area contributed by atoms with Gasteiger partial charge in [0.2, 0.25) is 5.91 Å².